The van der Waals surface area contributed by atoms with E-state index in [9.17, 15) is 23.1 Å². The van der Waals surface area contributed by atoms with Crippen LogP contribution < -0.4 is 5.32 Å². The van der Waals surface area contributed by atoms with E-state index in [2.05, 4.69) is 5.32 Å². The van der Waals surface area contributed by atoms with Gasteiger partial charge in [-0.05, 0) is 30.7 Å². The monoisotopic (exact) mass is 274 g/mol. The number of hydrogen-bond donors (Lipinski definition) is 2. The Morgan fingerprint density at radius 1 is 1.32 bits per heavy atom. The molecule has 104 valence electrons. The summed E-state index contributed by atoms with van der Waals surface area (Å²) in [5.41, 5.74) is -0.471. The van der Waals surface area contributed by atoms with Crippen molar-refractivity contribution in [2.24, 2.45) is 0 Å². The Kier molecular flexibility index (Phi) is 3.66. The second-order valence-corrected chi connectivity index (χ2v) is 4.39. The lowest BCUT2D eigenvalue weighted by Gasteiger charge is -2.16. The van der Waals surface area contributed by atoms with E-state index < -0.39 is 23.9 Å². The van der Waals surface area contributed by atoms with E-state index in [1.807, 2.05) is 0 Å². The van der Waals surface area contributed by atoms with E-state index in [-0.39, 0.29) is 6.54 Å². The highest BCUT2D eigenvalue weighted by atomic mass is 19.4. The molecule has 0 radical (unpaired) electrons. The van der Waals surface area contributed by atoms with Gasteiger partial charge in [-0.25, -0.2) is 4.79 Å². The number of β-amino-alcohol motifs (C(OH)–C–C–N with tert-alkyl or cyclic N) is 1. The number of urea groups is 1. The number of halogens is 3. The van der Waals surface area contributed by atoms with Crippen molar-refractivity contribution in [2.75, 3.05) is 18.4 Å². The fourth-order valence-corrected chi connectivity index (χ4v) is 1.87. The fourth-order valence-electron chi connectivity index (χ4n) is 1.87. The highest BCUT2D eigenvalue weighted by molar-refractivity contribution is 5.89. The van der Waals surface area contributed by atoms with Gasteiger partial charge in [-0.1, -0.05) is 0 Å². The van der Waals surface area contributed by atoms with Crippen LogP contribution in [0.25, 0.3) is 0 Å². The molecule has 1 aromatic carbocycles. The zero-order chi connectivity index (χ0) is 14.0. The first-order valence-electron chi connectivity index (χ1n) is 5.77. The van der Waals surface area contributed by atoms with Gasteiger partial charge in [-0.3, -0.25) is 0 Å². The topological polar surface area (TPSA) is 52.6 Å². The summed E-state index contributed by atoms with van der Waals surface area (Å²) in [6.07, 6.45) is -4.40. The van der Waals surface area contributed by atoms with Crippen molar-refractivity contribution in [1.29, 1.82) is 0 Å². The van der Waals surface area contributed by atoms with E-state index in [1.54, 1.807) is 0 Å². The molecule has 19 heavy (non-hydrogen) atoms. The summed E-state index contributed by atoms with van der Waals surface area (Å²) in [4.78, 5) is 13.1. The molecule has 1 heterocycles. The molecule has 0 bridgehead atoms. The predicted octanol–water partition coefficient (Wildman–Crippen LogP) is 2.30. The van der Waals surface area contributed by atoms with Gasteiger partial charge in [0.15, 0.2) is 0 Å². The van der Waals surface area contributed by atoms with Crippen LogP contribution in [0.15, 0.2) is 24.3 Å². The van der Waals surface area contributed by atoms with Crippen molar-refractivity contribution in [3.8, 4) is 0 Å². The number of benzene rings is 1. The van der Waals surface area contributed by atoms with Crippen LogP contribution in [-0.2, 0) is 6.18 Å². The van der Waals surface area contributed by atoms with Gasteiger partial charge in [0.2, 0.25) is 0 Å². The first-order valence-corrected chi connectivity index (χ1v) is 5.77. The Hall–Kier alpha value is -1.76. The summed E-state index contributed by atoms with van der Waals surface area (Å²) >= 11 is 0. The average Bonchev–Trinajstić information content (AvgIpc) is 2.75. The van der Waals surface area contributed by atoms with Crippen LogP contribution in [0, 0.1) is 0 Å². The zero-order valence-electron chi connectivity index (χ0n) is 9.94. The molecule has 1 aliphatic rings. The lowest BCUT2D eigenvalue weighted by Crippen LogP contribution is -2.33. The van der Waals surface area contributed by atoms with Crippen molar-refractivity contribution in [2.45, 2.75) is 18.7 Å². The molecule has 1 saturated heterocycles. The molecule has 0 unspecified atom stereocenters. The molecule has 1 atom stereocenters. The van der Waals surface area contributed by atoms with Gasteiger partial charge in [0.1, 0.15) is 0 Å². The number of likely N-dealkylation sites (tertiary alicyclic amines) is 1. The van der Waals surface area contributed by atoms with E-state index in [0.717, 1.165) is 12.1 Å². The minimum Gasteiger partial charge on any atom is -0.391 e. The predicted molar refractivity (Wildman–Crippen MR) is 62.7 cm³/mol. The van der Waals surface area contributed by atoms with Gasteiger partial charge in [-0.15, -0.1) is 0 Å². The first kappa shape index (κ1) is 13.7. The second-order valence-electron chi connectivity index (χ2n) is 4.39. The molecular weight excluding hydrogens is 261 g/mol. The van der Waals surface area contributed by atoms with Crippen LogP contribution in [0.1, 0.15) is 12.0 Å². The first-order chi connectivity index (χ1) is 8.86. The minimum atomic E-state index is -4.39. The lowest BCUT2D eigenvalue weighted by atomic mass is 10.2. The Labute approximate surface area is 107 Å². The fraction of sp³-hybridized carbons (Fsp3) is 0.417. The van der Waals surface area contributed by atoms with E-state index in [4.69, 9.17) is 0 Å². The third-order valence-corrected chi connectivity index (χ3v) is 2.91. The van der Waals surface area contributed by atoms with Crippen molar-refractivity contribution < 1.29 is 23.1 Å². The number of nitrogens with one attached hydrogen (secondary N) is 1. The number of alkyl halides is 3. The molecule has 1 aromatic rings. The number of amides is 2. The van der Waals surface area contributed by atoms with Crippen LogP contribution in [-0.4, -0.2) is 35.2 Å². The van der Waals surface area contributed by atoms with E-state index >= 15 is 0 Å². The third kappa shape index (κ3) is 3.37. The SMILES string of the molecule is O=C(Nc1ccc(C(F)(F)F)cc1)N1CC[C@H](O)C1. The molecule has 0 saturated carbocycles. The summed E-state index contributed by atoms with van der Waals surface area (Å²) in [6, 6.07) is 3.81. The molecule has 4 nitrogen and oxygen atoms in total. The standard InChI is InChI=1S/C12H13F3N2O2/c13-12(14,15)8-1-3-9(4-2-8)16-11(19)17-6-5-10(18)7-17/h1-4,10,18H,5-7H2,(H,16,19)/t10-/m0/s1. The number of anilines is 1. The summed E-state index contributed by atoms with van der Waals surface area (Å²) in [6.45, 7) is 0.681. The van der Waals surface area contributed by atoms with Crippen molar-refractivity contribution >= 4 is 11.7 Å². The molecule has 0 spiro atoms. The Morgan fingerprint density at radius 2 is 1.95 bits per heavy atom. The van der Waals surface area contributed by atoms with Gasteiger partial charge in [0.25, 0.3) is 0 Å². The third-order valence-electron chi connectivity index (χ3n) is 2.91. The number of nitrogens with zero attached hydrogens (tertiary/aromatic N) is 1. The number of carbonyl (C=O) groups is 1. The smallest absolute Gasteiger partial charge is 0.391 e. The van der Waals surface area contributed by atoms with Crippen LogP contribution in [0.5, 0.6) is 0 Å². The highest BCUT2D eigenvalue weighted by Gasteiger charge is 2.30. The van der Waals surface area contributed by atoms with Crippen LogP contribution in [0.4, 0.5) is 23.7 Å². The van der Waals surface area contributed by atoms with E-state index in [1.165, 1.54) is 17.0 Å². The highest BCUT2D eigenvalue weighted by Crippen LogP contribution is 2.29. The molecular formula is C12H13F3N2O2. The average molecular weight is 274 g/mol. The maximum absolute atomic E-state index is 12.3. The summed E-state index contributed by atoms with van der Waals surface area (Å²) in [7, 11) is 0. The van der Waals surface area contributed by atoms with Crippen LogP contribution in [0.2, 0.25) is 0 Å². The maximum atomic E-state index is 12.3. The largest absolute Gasteiger partial charge is 0.416 e. The van der Waals surface area contributed by atoms with Crippen molar-refractivity contribution in [1.82, 2.24) is 4.90 Å². The zero-order valence-corrected chi connectivity index (χ0v) is 9.94. The van der Waals surface area contributed by atoms with E-state index in [0.29, 0.717) is 18.7 Å². The van der Waals surface area contributed by atoms with Gasteiger partial charge >= 0.3 is 12.2 Å². The van der Waals surface area contributed by atoms with Crippen LogP contribution >= 0.6 is 0 Å². The van der Waals surface area contributed by atoms with Crippen molar-refractivity contribution in [3.63, 3.8) is 0 Å². The van der Waals surface area contributed by atoms with Gasteiger partial charge in [-0.2, -0.15) is 13.2 Å². The molecule has 2 rings (SSSR count). The summed E-state index contributed by atoms with van der Waals surface area (Å²) in [5, 5.41) is 11.8. The lowest BCUT2D eigenvalue weighted by molar-refractivity contribution is -0.137. The molecule has 0 aromatic heterocycles. The van der Waals surface area contributed by atoms with Gasteiger partial charge in [0, 0.05) is 18.8 Å². The number of aliphatic hydroxyl groups is 1. The van der Waals surface area contributed by atoms with Crippen LogP contribution in [0.3, 0.4) is 0 Å². The van der Waals surface area contributed by atoms with Gasteiger partial charge < -0.3 is 15.3 Å². The number of hydrogen-bond acceptors (Lipinski definition) is 2. The Bertz CT molecular complexity index is 459. The number of rotatable bonds is 1. The normalized spacial score (nSPS) is 19.6. The second kappa shape index (κ2) is 5.08. The molecule has 2 N–H and O–H groups in total. The minimum absolute atomic E-state index is 0.243. The van der Waals surface area contributed by atoms with Crippen molar-refractivity contribution in [3.05, 3.63) is 29.8 Å². The van der Waals surface area contributed by atoms with Gasteiger partial charge in [0.05, 0.1) is 11.7 Å². The Morgan fingerprint density at radius 3 is 2.42 bits per heavy atom. The summed E-state index contributed by atoms with van der Waals surface area (Å²) in [5.74, 6) is 0. The number of aliphatic hydroxyl groups excluding tert-OH is 1. The molecule has 7 heteroatoms. The Balaban J connectivity index is 1.98. The quantitative estimate of drug-likeness (QED) is 0.825. The molecule has 1 aliphatic heterocycles. The summed E-state index contributed by atoms with van der Waals surface area (Å²) < 4.78 is 37.0. The number of carbonyl (C=O) groups excluding carboxylic acids is 1. The maximum Gasteiger partial charge on any atom is 0.416 e. The molecule has 0 aliphatic carbocycles. The molecule has 2 amide bonds. The molecule has 1 fully saturated rings.